The number of halogens is 9. The first-order valence-corrected chi connectivity index (χ1v) is 10.3. The average Bonchev–Trinajstić information content (AvgIpc) is 2.78. The minimum atomic E-state index is -5.01. The minimum Gasteiger partial charge on any atom is -0.457 e. The van der Waals surface area contributed by atoms with E-state index in [1.165, 1.54) is 30.3 Å². The van der Waals surface area contributed by atoms with Crippen molar-refractivity contribution < 1.29 is 54.1 Å². The summed E-state index contributed by atoms with van der Waals surface area (Å²) < 4.78 is 127. The molecule has 1 aromatic heterocycles. The number of ether oxygens (including phenoxy) is 2. The Bertz CT molecular complexity index is 1200. The van der Waals surface area contributed by atoms with Gasteiger partial charge in [0.05, 0.1) is 11.6 Å². The van der Waals surface area contributed by atoms with Crippen molar-refractivity contribution in [2.75, 3.05) is 6.54 Å². The number of aliphatic hydroxyl groups excluding tert-OH is 1. The van der Waals surface area contributed by atoms with Gasteiger partial charge in [-0.2, -0.15) is 35.1 Å². The third-order valence-electron chi connectivity index (χ3n) is 4.88. The van der Waals surface area contributed by atoms with E-state index in [2.05, 4.69) is 15.0 Å². The highest BCUT2D eigenvalue weighted by Gasteiger charge is 2.38. The molecule has 1 heterocycles. The molecule has 0 radical (unpaired) electrons. The minimum absolute atomic E-state index is 0.0134. The number of aromatic nitrogens is 1. The Morgan fingerprint density at radius 1 is 0.919 bits per heavy atom. The summed E-state index contributed by atoms with van der Waals surface area (Å²) >= 11 is 0. The molecule has 2 atom stereocenters. The Morgan fingerprint density at radius 3 is 2.24 bits per heavy atom. The molecule has 2 unspecified atom stereocenters. The zero-order chi connectivity index (χ0) is 27.4. The molecule has 0 fully saturated rings. The molecule has 3 rings (SSSR count). The Labute approximate surface area is 203 Å². The van der Waals surface area contributed by atoms with Crippen LogP contribution >= 0.6 is 0 Å². The van der Waals surface area contributed by atoms with Gasteiger partial charge in [-0.05, 0) is 35.9 Å². The van der Waals surface area contributed by atoms with Gasteiger partial charge in [0.1, 0.15) is 17.3 Å². The van der Waals surface area contributed by atoms with E-state index in [1.54, 1.807) is 0 Å². The second-order valence-corrected chi connectivity index (χ2v) is 7.52. The Kier molecular flexibility index (Phi) is 8.53. The Morgan fingerprint density at radius 2 is 1.62 bits per heavy atom. The van der Waals surface area contributed by atoms with Gasteiger partial charge >= 0.3 is 19.0 Å². The van der Waals surface area contributed by atoms with Crippen LogP contribution < -0.4 is 14.8 Å². The van der Waals surface area contributed by atoms with Crippen LogP contribution in [-0.2, 0) is 6.18 Å². The predicted molar refractivity (Wildman–Crippen MR) is 111 cm³/mol. The zero-order valence-electron chi connectivity index (χ0n) is 18.3. The zero-order valence-corrected chi connectivity index (χ0v) is 18.3. The van der Waals surface area contributed by atoms with Gasteiger partial charge in [0, 0.05) is 24.4 Å². The molecule has 0 aliphatic carbocycles. The van der Waals surface area contributed by atoms with E-state index in [0.717, 1.165) is 18.3 Å². The topological polar surface area (TPSA) is 63.6 Å². The first-order valence-electron chi connectivity index (χ1n) is 10.3. The maximum atomic E-state index is 14.7. The summed E-state index contributed by atoms with van der Waals surface area (Å²) in [4.78, 5) is 3.57. The number of hydrogen-bond donors (Lipinski definition) is 2. The van der Waals surface area contributed by atoms with Gasteiger partial charge < -0.3 is 19.9 Å². The fraction of sp³-hybridized carbons (Fsp3) is 0.261. The summed E-state index contributed by atoms with van der Waals surface area (Å²) in [6.45, 7) is -4.26. The number of hydrogen-bond acceptors (Lipinski definition) is 5. The molecule has 3 aromatic rings. The van der Waals surface area contributed by atoms with Crippen molar-refractivity contribution in [1.82, 2.24) is 10.3 Å². The lowest BCUT2D eigenvalue weighted by atomic mass is 9.96. The standard InChI is InChI=1S/C23H17F9N2O3/c24-17-9-13(22(27,28)29)4-5-16(17)20(34-11-18(35)23(30,31)32)12-2-1-3-14(8-12)36-15-6-7-33-19(10-15)37-21(25)26/h1-10,18,20-21,34-35H,11H2. The van der Waals surface area contributed by atoms with Crippen LogP contribution in [0.4, 0.5) is 39.5 Å². The third-order valence-corrected chi connectivity index (χ3v) is 4.88. The molecular weight excluding hydrogens is 523 g/mol. The van der Waals surface area contributed by atoms with Crippen LogP contribution in [0.5, 0.6) is 17.4 Å². The molecule has 0 aliphatic heterocycles. The lowest BCUT2D eigenvalue weighted by molar-refractivity contribution is -0.202. The summed E-state index contributed by atoms with van der Waals surface area (Å²) in [5, 5.41) is 11.7. The van der Waals surface area contributed by atoms with Crippen LogP contribution in [0.15, 0.2) is 60.8 Å². The van der Waals surface area contributed by atoms with Crippen molar-refractivity contribution in [1.29, 1.82) is 0 Å². The molecule has 2 N–H and O–H groups in total. The van der Waals surface area contributed by atoms with Crippen LogP contribution in [0, 0.1) is 5.82 Å². The molecule has 0 bridgehead atoms. The van der Waals surface area contributed by atoms with Crippen LogP contribution in [0.1, 0.15) is 22.7 Å². The molecule has 14 heteroatoms. The summed E-state index contributed by atoms with van der Waals surface area (Å²) in [6, 6.07) is 7.71. The summed E-state index contributed by atoms with van der Waals surface area (Å²) in [5.41, 5.74) is -1.68. The highest BCUT2D eigenvalue weighted by molar-refractivity contribution is 5.41. The van der Waals surface area contributed by atoms with Crippen molar-refractivity contribution >= 4 is 0 Å². The number of alkyl halides is 8. The predicted octanol–water partition coefficient (Wildman–Crippen LogP) is 6.24. The van der Waals surface area contributed by atoms with Crippen LogP contribution in [0.3, 0.4) is 0 Å². The quantitative estimate of drug-likeness (QED) is 0.315. The van der Waals surface area contributed by atoms with E-state index < -0.39 is 60.5 Å². The van der Waals surface area contributed by atoms with Crippen molar-refractivity contribution in [2.45, 2.75) is 31.1 Å². The lowest BCUT2D eigenvalue weighted by Crippen LogP contribution is -2.40. The number of nitrogens with one attached hydrogen (secondary N) is 1. The van der Waals surface area contributed by atoms with Crippen molar-refractivity contribution in [3.05, 3.63) is 83.3 Å². The van der Waals surface area contributed by atoms with Gasteiger partial charge in [0.15, 0.2) is 6.10 Å². The maximum absolute atomic E-state index is 14.7. The van der Waals surface area contributed by atoms with E-state index in [-0.39, 0.29) is 23.1 Å². The second kappa shape index (κ2) is 11.3. The molecule has 5 nitrogen and oxygen atoms in total. The molecule has 0 saturated heterocycles. The van der Waals surface area contributed by atoms with Crippen LogP contribution in [0.2, 0.25) is 0 Å². The normalized spacial score (nSPS) is 13.9. The van der Waals surface area contributed by atoms with Crippen molar-refractivity contribution in [2.24, 2.45) is 0 Å². The van der Waals surface area contributed by atoms with Gasteiger partial charge in [-0.3, -0.25) is 0 Å². The Hall–Kier alpha value is -3.52. The van der Waals surface area contributed by atoms with Gasteiger partial charge in [0.25, 0.3) is 0 Å². The van der Waals surface area contributed by atoms with E-state index in [1.807, 2.05) is 0 Å². The van der Waals surface area contributed by atoms with Gasteiger partial charge in [-0.25, -0.2) is 9.37 Å². The third kappa shape index (κ3) is 7.73. The SMILES string of the molecule is OC(CNC(c1cccc(Oc2ccnc(OC(F)F)c2)c1)c1ccc(C(F)(F)F)cc1F)C(F)(F)F. The number of pyridine rings is 1. The molecule has 2 aromatic carbocycles. The van der Waals surface area contributed by atoms with Crippen molar-refractivity contribution in [3.8, 4) is 17.4 Å². The molecular formula is C23H17F9N2O3. The average molecular weight is 540 g/mol. The van der Waals surface area contributed by atoms with Gasteiger partial charge in [-0.15, -0.1) is 0 Å². The molecule has 37 heavy (non-hydrogen) atoms. The number of nitrogens with zero attached hydrogens (tertiary/aromatic N) is 1. The number of aliphatic hydroxyl groups is 1. The summed E-state index contributed by atoms with van der Waals surface area (Å²) in [5.74, 6) is -1.82. The smallest absolute Gasteiger partial charge is 0.416 e. The first-order chi connectivity index (χ1) is 17.2. The van der Waals surface area contributed by atoms with Gasteiger partial charge in [-0.1, -0.05) is 18.2 Å². The van der Waals surface area contributed by atoms with Gasteiger partial charge in [0.2, 0.25) is 5.88 Å². The fourth-order valence-corrected chi connectivity index (χ4v) is 3.19. The fourth-order valence-electron chi connectivity index (χ4n) is 3.19. The van der Waals surface area contributed by atoms with Crippen molar-refractivity contribution in [3.63, 3.8) is 0 Å². The maximum Gasteiger partial charge on any atom is 0.416 e. The summed E-state index contributed by atoms with van der Waals surface area (Å²) in [7, 11) is 0. The lowest BCUT2D eigenvalue weighted by Gasteiger charge is -2.24. The summed E-state index contributed by atoms with van der Waals surface area (Å²) in [6.07, 6.45) is -11.6. The molecule has 0 saturated carbocycles. The van der Waals surface area contributed by atoms with E-state index in [0.29, 0.717) is 6.07 Å². The first kappa shape index (κ1) is 28.1. The Balaban J connectivity index is 1.95. The molecule has 200 valence electrons. The number of rotatable bonds is 9. The molecule has 0 amide bonds. The van der Waals surface area contributed by atoms with E-state index in [4.69, 9.17) is 4.74 Å². The highest BCUT2D eigenvalue weighted by atomic mass is 19.4. The van der Waals surface area contributed by atoms with Crippen LogP contribution in [-0.4, -0.2) is 35.5 Å². The monoisotopic (exact) mass is 540 g/mol. The highest BCUT2D eigenvalue weighted by Crippen LogP contribution is 2.34. The molecule has 0 aliphatic rings. The largest absolute Gasteiger partial charge is 0.457 e. The van der Waals surface area contributed by atoms with E-state index >= 15 is 0 Å². The second-order valence-electron chi connectivity index (χ2n) is 7.52. The molecule has 0 spiro atoms. The van der Waals surface area contributed by atoms with Crippen LogP contribution in [0.25, 0.3) is 0 Å². The number of benzene rings is 2. The van der Waals surface area contributed by atoms with E-state index in [9.17, 15) is 44.6 Å².